The highest BCUT2D eigenvalue weighted by molar-refractivity contribution is 7.95. The van der Waals surface area contributed by atoms with Crippen LogP contribution in [0.25, 0.3) is 48.6 Å². The van der Waals surface area contributed by atoms with Gasteiger partial charge in [0.15, 0.2) is 0 Å². The number of ether oxygens (including phenoxy) is 3. The molecule has 0 saturated carbocycles. The van der Waals surface area contributed by atoms with Gasteiger partial charge in [0.25, 0.3) is 0 Å². The molecule has 0 unspecified atom stereocenters. The molecule has 0 aliphatic heterocycles. The van der Waals surface area contributed by atoms with E-state index < -0.39 is 15.6 Å². The van der Waals surface area contributed by atoms with E-state index in [0.717, 1.165) is 68.8 Å². The number of phenols is 10. The highest BCUT2D eigenvalue weighted by Crippen LogP contribution is 2.58. The molecule has 0 aliphatic rings. The van der Waals surface area contributed by atoms with Crippen LogP contribution in [0.2, 0.25) is 18.1 Å². The van der Waals surface area contributed by atoms with Crippen molar-refractivity contribution in [3.63, 3.8) is 0 Å². The molecule has 0 aromatic heterocycles. The van der Waals surface area contributed by atoms with Gasteiger partial charge in [-0.15, -0.1) is 0 Å². The second-order valence-corrected chi connectivity index (χ2v) is 36.2. The molecule has 13 aromatic carbocycles. The van der Waals surface area contributed by atoms with Gasteiger partial charge in [0.05, 0.1) is 27.5 Å². The molecule has 0 amide bonds. The Labute approximate surface area is 687 Å². The Morgan fingerprint density at radius 3 is 0.948 bits per heavy atom. The summed E-state index contributed by atoms with van der Waals surface area (Å²) >= 11 is 0. The van der Waals surface area contributed by atoms with Crippen LogP contribution in [-0.2, 0) is 6.16 Å². The maximum absolute atomic E-state index is 10.8. The average molecular weight is 1610 g/mol. The molecule has 596 valence electrons. The van der Waals surface area contributed by atoms with Crippen molar-refractivity contribution in [1.29, 1.82) is 0 Å². The number of aryl methyl sites for hydroxylation is 1. The molecule has 0 radical (unpaired) electrons. The number of hydrogen-bond acceptors (Lipinski definition) is 15. The number of carbonyl (C=O) groups is 1. The van der Waals surface area contributed by atoms with Crippen molar-refractivity contribution < 1.29 is 86.9 Å². The first-order valence-corrected chi connectivity index (χ1v) is 41.6. The van der Waals surface area contributed by atoms with Crippen molar-refractivity contribution in [3.8, 4) is 80.5 Å². The van der Waals surface area contributed by atoms with Crippen LogP contribution in [-0.4, -0.2) is 87.0 Å². The van der Waals surface area contributed by atoms with Gasteiger partial charge in [-0.3, -0.25) is 4.79 Å². The van der Waals surface area contributed by atoms with Gasteiger partial charge < -0.3 is 82.1 Å². The molecule has 0 heterocycles. The summed E-state index contributed by atoms with van der Waals surface area (Å²) in [5, 5.41) is 97.4. The normalized spacial score (nSPS) is 11.0. The molecule has 0 fully saturated rings. The largest absolute Gasteiger partial charge is 1.00 e. The lowest BCUT2D eigenvalue weighted by molar-refractivity contribution is -0.0000406. The van der Waals surface area contributed by atoms with Crippen LogP contribution in [0.15, 0.2) is 303 Å². The zero-order chi connectivity index (χ0) is 82.9. The molecule has 0 saturated heterocycles. The number of methoxy groups -OCH3 is 3. The van der Waals surface area contributed by atoms with E-state index in [2.05, 4.69) is 149 Å². The van der Waals surface area contributed by atoms with E-state index >= 15 is 0 Å². The van der Waals surface area contributed by atoms with E-state index in [9.17, 15) is 40.5 Å². The Bertz CT molecular complexity index is 5190. The van der Waals surface area contributed by atoms with Gasteiger partial charge in [0.2, 0.25) is 8.32 Å². The van der Waals surface area contributed by atoms with Gasteiger partial charge in [-0.2, -0.15) is 0 Å². The van der Waals surface area contributed by atoms with Crippen molar-refractivity contribution in [2.24, 2.45) is 0 Å². The van der Waals surface area contributed by atoms with Gasteiger partial charge >= 0.3 is 0 Å². The summed E-state index contributed by atoms with van der Waals surface area (Å²) in [5.41, 5.74) is 9.63. The quantitative estimate of drug-likeness (QED) is 0.0156. The number of carbonyl (C=O) groups excluding carboxylic acids is 1. The number of aromatic hydroxyl groups is 10. The lowest BCUT2D eigenvalue weighted by Crippen LogP contribution is -3.00. The number of benzene rings is 13. The molecule has 0 spiro atoms. The van der Waals surface area contributed by atoms with E-state index in [1.165, 1.54) is 57.9 Å². The lowest BCUT2D eigenvalue weighted by atomic mass is 10.1. The summed E-state index contributed by atoms with van der Waals surface area (Å²) in [6, 6.07) is 93.6. The fourth-order valence-electron chi connectivity index (χ4n) is 11.3. The first kappa shape index (κ1) is 89.8. The zero-order valence-electron chi connectivity index (χ0n) is 66.1. The minimum absolute atomic E-state index is 0. The van der Waals surface area contributed by atoms with Crippen LogP contribution >= 0.6 is 7.26 Å². The van der Waals surface area contributed by atoms with Crippen molar-refractivity contribution >= 4 is 86.4 Å². The molecule has 116 heavy (non-hydrogen) atoms. The van der Waals surface area contributed by atoms with E-state index in [0.29, 0.717) is 22.3 Å². The van der Waals surface area contributed by atoms with Crippen LogP contribution in [0, 0.1) is 6.92 Å². The van der Waals surface area contributed by atoms with Crippen LogP contribution in [0.5, 0.6) is 80.5 Å². The predicted octanol–water partition coefficient (Wildman–Crippen LogP) is 18.9. The second kappa shape index (κ2) is 44.2. The summed E-state index contributed by atoms with van der Waals surface area (Å²) < 4.78 is 21.7. The molecule has 18 heteroatoms. The van der Waals surface area contributed by atoms with E-state index in [4.69, 9.17) is 34.0 Å². The van der Waals surface area contributed by atoms with Crippen molar-refractivity contribution in [1.82, 2.24) is 0 Å². The average Bonchev–Trinajstić information content (AvgIpc) is 0.751. The number of phenolic OH excluding ortho intramolecular Hbond substituents is 10. The smallest absolute Gasteiger partial charge is 0.250 e. The fourth-order valence-corrected chi connectivity index (χ4v) is 16.5. The number of hydrogen-bond donors (Lipinski definition) is 10. The van der Waals surface area contributed by atoms with E-state index in [-0.39, 0.29) is 74.9 Å². The van der Waals surface area contributed by atoms with Crippen molar-refractivity contribution in [3.05, 3.63) is 365 Å². The molecular formula is C98H98ClO15PSi. The third kappa shape index (κ3) is 28.4. The lowest BCUT2D eigenvalue weighted by Gasteiger charge is -2.36. The zero-order valence-corrected chi connectivity index (χ0v) is 68.8. The summed E-state index contributed by atoms with van der Waals surface area (Å²) in [6.07, 6.45) is 16.4. The summed E-state index contributed by atoms with van der Waals surface area (Å²) in [5.74, 6) is 4.07. The minimum atomic E-state index is -1.84. The SMILES string of the molecule is COc1ccc(/C=C/c2cc(O)cc(O)c2)cc1.COc1ccc(/C=C\c2ccc(O)cc2O)cc1.COc1ccc(C[P+](c2ccccc2)(c2ccccc2)c2ccccc2)cc1.Cc1cc(C=O)cc(O[Si](C)(C)C(C)(C)C)c1.Oc1ccc(/C=C/c2cc(O)cc(O)c2)cc1.Oc1ccc(/C=C\c2ccc(O)cc2O)cc1.[Cl-]. The summed E-state index contributed by atoms with van der Waals surface area (Å²) in [4.78, 5) is 10.8. The third-order valence-corrected chi connectivity index (χ3v) is 27.0. The Hall–Kier alpha value is -13.4. The second-order valence-electron chi connectivity index (χ2n) is 28.0. The van der Waals surface area contributed by atoms with Crippen LogP contribution in [0.1, 0.15) is 86.8 Å². The Kier molecular flexibility index (Phi) is 34.2. The maximum Gasteiger partial charge on any atom is 0.250 e. The Morgan fingerprint density at radius 1 is 0.319 bits per heavy atom. The van der Waals surface area contributed by atoms with Gasteiger partial charge in [0, 0.05) is 41.0 Å². The minimum Gasteiger partial charge on any atom is -1.00 e. The van der Waals surface area contributed by atoms with Crippen molar-refractivity contribution in [2.75, 3.05) is 21.3 Å². The van der Waals surface area contributed by atoms with Crippen LogP contribution in [0.4, 0.5) is 0 Å². The van der Waals surface area contributed by atoms with Crippen LogP contribution < -0.4 is 47.0 Å². The fraction of sp³-hybridized carbons (Fsp3) is 0.112. The molecule has 13 aromatic rings. The van der Waals surface area contributed by atoms with Crippen LogP contribution in [0.3, 0.4) is 0 Å². The van der Waals surface area contributed by atoms with Gasteiger partial charge in [-0.05, 0) is 233 Å². The Balaban J connectivity index is 0.000000194. The highest BCUT2D eigenvalue weighted by Gasteiger charge is 2.45. The topological polar surface area (TPSA) is 256 Å². The highest BCUT2D eigenvalue weighted by atomic mass is 35.5. The maximum atomic E-state index is 10.8. The molecule has 0 bridgehead atoms. The number of aldehydes is 1. The molecule has 0 aliphatic carbocycles. The standard InChI is InChI=1S/C26H24OP.2C15H14O3.2C14H12O3.C14H22O2Si.ClH/c1-27-23-19-17-22(18-20-23)21-28(24-11-5-2-6-12-24,25-13-7-3-8-14-25)26-15-9-4-10-16-26;1-18-14-8-3-11(4-9-14)2-5-12-6-7-13(16)10-15(12)17;1-18-15-6-4-11(5-7-15)2-3-12-8-13(16)10-14(17)9-12;15-12-6-2-10(3-7-12)1-4-11-5-8-13(16)9-14(11)17;15-12-5-3-10(4-6-12)1-2-11-7-13(16)9-14(17)8-11;1-11-7-12(10-15)9-13(8-11)16-17(5,6)14(2,3)4;/h2-20H,21H2,1H3;2*2-10,16-17H,1H3;2*1-9,15-17H;7-10H,1-6H3;1H/q+1;;;;;;/p-1/b;5-2-;3-2+;4-1-;2-1+;;. The monoisotopic (exact) mass is 1610 g/mol. The third-order valence-electron chi connectivity index (χ3n) is 18.3. The number of halogens is 1. The Morgan fingerprint density at radius 2 is 0.629 bits per heavy atom. The van der Waals surface area contributed by atoms with Gasteiger partial charge in [-0.1, -0.05) is 185 Å². The first-order valence-electron chi connectivity index (χ1n) is 36.8. The summed E-state index contributed by atoms with van der Waals surface area (Å²) in [6.45, 7) is 13.0. The van der Waals surface area contributed by atoms with E-state index in [1.807, 2.05) is 104 Å². The van der Waals surface area contributed by atoms with E-state index in [1.54, 1.807) is 124 Å². The number of rotatable bonds is 19. The van der Waals surface area contributed by atoms with Crippen molar-refractivity contribution in [2.45, 2.75) is 52.0 Å². The molecule has 0 atom stereocenters. The molecule has 15 nitrogen and oxygen atoms in total. The predicted molar refractivity (Wildman–Crippen MR) is 473 cm³/mol. The summed E-state index contributed by atoms with van der Waals surface area (Å²) in [7, 11) is 1.30. The van der Waals surface area contributed by atoms with Gasteiger partial charge in [0.1, 0.15) is 110 Å². The first-order chi connectivity index (χ1) is 55.1. The molecular weight excluding hydrogens is 1510 g/mol. The molecule has 10 N–H and O–H groups in total. The molecule has 13 rings (SSSR count). The van der Waals surface area contributed by atoms with Gasteiger partial charge in [-0.25, -0.2) is 0 Å².